The Morgan fingerprint density at radius 3 is 2.68 bits per heavy atom. The molecule has 1 N–H and O–H groups in total. The second kappa shape index (κ2) is 4.61. The van der Waals surface area contributed by atoms with E-state index in [1.165, 1.54) is 27.9 Å². The maximum absolute atomic E-state index is 5.29. The zero-order valence-electron chi connectivity index (χ0n) is 11.7. The molecule has 0 bridgehead atoms. The lowest BCUT2D eigenvalue weighted by Crippen LogP contribution is -2.07. The molecule has 1 aliphatic heterocycles. The van der Waals surface area contributed by atoms with Crippen molar-refractivity contribution < 1.29 is 4.74 Å². The van der Waals surface area contributed by atoms with Gasteiger partial charge in [0.25, 0.3) is 0 Å². The molecule has 0 fully saturated rings. The summed E-state index contributed by atoms with van der Waals surface area (Å²) in [5.41, 5.74) is 6.63. The van der Waals surface area contributed by atoms with Crippen LogP contribution in [0.3, 0.4) is 0 Å². The van der Waals surface area contributed by atoms with Gasteiger partial charge in [0.05, 0.1) is 13.2 Å². The molecule has 1 heterocycles. The Morgan fingerprint density at radius 2 is 1.95 bits per heavy atom. The van der Waals surface area contributed by atoms with Gasteiger partial charge in [0.2, 0.25) is 0 Å². The quantitative estimate of drug-likeness (QED) is 0.872. The Labute approximate surface area is 114 Å². The van der Waals surface area contributed by atoms with Gasteiger partial charge in [-0.25, -0.2) is 0 Å². The van der Waals surface area contributed by atoms with Gasteiger partial charge in [0.1, 0.15) is 5.75 Å². The van der Waals surface area contributed by atoms with Gasteiger partial charge in [-0.1, -0.05) is 23.8 Å². The van der Waals surface area contributed by atoms with Gasteiger partial charge in [0.15, 0.2) is 0 Å². The maximum atomic E-state index is 5.29. The van der Waals surface area contributed by atoms with E-state index < -0.39 is 0 Å². The minimum atomic E-state index is 0.378. The summed E-state index contributed by atoms with van der Waals surface area (Å²) in [6.07, 6.45) is 1.02. The van der Waals surface area contributed by atoms with Crippen molar-refractivity contribution in [1.29, 1.82) is 0 Å². The molecule has 3 rings (SSSR count). The van der Waals surface area contributed by atoms with Crippen LogP contribution in [0.25, 0.3) is 0 Å². The Hall–Kier alpha value is -1.96. The average molecular weight is 253 g/mol. The number of ether oxygens (including phenoxy) is 1. The number of aryl methyl sites for hydroxylation is 2. The number of benzene rings is 2. The van der Waals surface area contributed by atoms with Crippen molar-refractivity contribution in [2.45, 2.75) is 26.3 Å². The Kier molecular flexibility index (Phi) is 2.94. The first-order valence-electron chi connectivity index (χ1n) is 6.68. The molecular formula is C17H19NO. The first-order valence-corrected chi connectivity index (χ1v) is 6.68. The topological polar surface area (TPSA) is 21.3 Å². The second-order valence-corrected chi connectivity index (χ2v) is 5.28. The van der Waals surface area contributed by atoms with Crippen LogP contribution in [0.5, 0.6) is 5.75 Å². The molecule has 1 atom stereocenters. The molecule has 0 saturated carbocycles. The van der Waals surface area contributed by atoms with E-state index in [0.29, 0.717) is 6.04 Å². The van der Waals surface area contributed by atoms with Gasteiger partial charge < -0.3 is 10.1 Å². The molecule has 98 valence electrons. The second-order valence-electron chi connectivity index (χ2n) is 5.28. The number of methoxy groups -OCH3 is 1. The fraction of sp³-hybridized carbons (Fsp3) is 0.294. The number of hydrogen-bond acceptors (Lipinski definition) is 2. The Morgan fingerprint density at radius 1 is 1.11 bits per heavy atom. The van der Waals surface area contributed by atoms with E-state index in [2.05, 4.69) is 49.5 Å². The molecule has 19 heavy (non-hydrogen) atoms. The molecule has 0 spiro atoms. The van der Waals surface area contributed by atoms with Crippen molar-refractivity contribution in [3.05, 3.63) is 58.7 Å². The lowest BCUT2D eigenvalue weighted by atomic mass is 9.97. The molecule has 0 amide bonds. The third-order valence-electron chi connectivity index (χ3n) is 3.87. The molecule has 1 unspecified atom stereocenters. The van der Waals surface area contributed by atoms with Crippen LogP contribution in [0.2, 0.25) is 0 Å². The minimum absolute atomic E-state index is 0.378. The van der Waals surface area contributed by atoms with E-state index in [-0.39, 0.29) is 0 Å². The highest BCUT2D eigenvalue weighted by molar-refractivity contribution is 5.61. The van der Waals surface area contributed by atoms with Gasteiger partial charge in [-0.3, -0.25) is 0 Å². The van der Waals surface area contributed by atoms with Crippen LogP contribution < -0.4 is 10.1 Å². The number of hydrogen-bond donors (Lipinski definition) is 1. The summed E-state index contributed by atoms with van der Waals surface area (Å²) in [4.78, 5) is 0. The number of nitrogens with one attached hydrogen (secondary N) is 1. The van der Waals surface area contributed by atoms with Crippen LogP contribution in [0, 0.1) is 13.8 Å². The maximum Gasteiger partial charge on any atom is 0.119 e. The summed E-state index contributed by atoms with van der Waals surface area (Å²) in [7, 11) is 1.71. The van der Waals surface area contributed by atoms with Crippen molar-refractivity contribution in [2.75, 3.05) is 12.4 Å². The van der Waals surface area contributed by atoms with Gasteiger partial charge >= 0.3 is 0 Å². The van der Waals surface area contributed by atoms with E-state index in [1.54, 1.807) is 7.11 Å². The van der Waals surface area contributed by atoms with E-state index in [1.807, 2.05) is 6.07 Å². The number of fused-ring (bicyclic) bond motifs is 1. The summed E-state index contributed by atoms with van der Waals surface area (Å²) in [5.74, 6) is 0.932. The lowest BCUT2D eigenvalue weighted by Gasteiger charge is -2.15. The normalized spacial score (nSPS) is 16.9. The number of rotatable bonds is 2. The standard InChI is InChI=1S/C17H19NO/c1-11-4-6-15(12(2)8-11)17-10-13-9-14(19-3)5-7-16(13)18-17/h4-9,17-18H,10H2,1-3H3. The minimum Gasteiger partial charge on any atom is -0.497 e. The highest BCUT2D eigenvalue weighted by Crippen LogP contribution is 2.37. The molecule has 2 nitrogen and oxygen atoms in total. The molecule has 2 aromatic carbocycles. The van der Waals surface area contributed by atoms with Crippen LogP contribution in [-0.2, 0) is 6.42 Å². The van der Waals surface area contributed by atoms with Gasteiger partial charge in [-0.15, -0.1) is 0 Å². The predicted molar refractivity (Wildman–Crippen MR) is 79.0 cm³/mol. The SMILES string of the molecule is COc1ccc2c(c1)CC(c1ccc(C)cc1C)N2. The lowest BCUT2D eigenvalue weighted by molar-refractivity contribution is 0.414. The third-order valence-corrected chi connectivity index (χ3v) is 3.87. The highest BCUT2D eigenvalue weighted by atomic mass is 16.5. The molecule has 1 aliphatic rings. The molecular weight excluding hydrogens is 234 g/mol. The molecule has 2 heteroatoms. The fourth-order valence-electron chi connectivity index (χ4n) is 2.87. The van der Waals surface area contributed by atoms with Gasteiger partial charge in [0, 0.05) is 5.69 Å². The van der Waals surface area contributed by atoms with E-state index in [9.17, 15) is 0 Å². The molecule has 0 aliphatic carbocycles. The summed E-state index contributed by atoms with van der Waals surface area (Å²) in [6, 6.07) is 13.3. The van der Waals surface area contributed by atoms with E-state index in [0.717, 1.165) is 12.2 Å². The molecule has 0 aromatic heterocycles. The summed E-state index contributed by atoms with van der Waals surface area (Å²) in [5, 5.41) is 3.61. The fourth-order valence-corrected chi connectivity index (χ4v) is 2.87. The van der Waals surface area contributed by atoms with Crippen molar-refractivity contribution in [3.8, 4) is 5.75 Å². The van der Waals surface area contributed by atoms with Crippen molar-refractivity contribution in [3.63, 3.8) is 0 Å². The predicted octanol–water partition coefficient (Wildman–Crippen LogP) is 4.02. The van der Waals surface area contributed by atoms with Crippen molar-refractivity contribution in [1.82, 2.24) is 0 Å². The zero-order valence-corrected chi connectivity index (χ0v) is 11.7. The van der Waals surface area contributed by atoms with Crippen molar-refractivity contribution in [2.24, 2.45) is 0 Å². The molecule has 0 saturated heterocycles. The molecule has 2 aromatic rings. The highest BCUT2D eigenvalue weighted by Gasteiger charge is 2.23. The van der Waals surface area contributed by atoms with E-state index >= 15 is 0 Å². The first kappa shape index (κ1) is 12.1. The summed E-state index contributed by atoms with van der Waals surface area (Å²) < 4.78 is 5.29. The van der Waals surface area contributed by atoms with Crippen molar-refractivity contribution >= 4 is 5.69 Å². The average Bonchev–Trinajstić information content (AvgIpc) is 2.80. The van der Waals surface area contributed by atoms with Crippen LogP contribution in [0.1, 0.15) is 28.3 Å². The zero-order chi connectivity index (χ0) is 13.4. The Bertz CT molecular complexity index is 619. The van der Waals surface area contributed by atoms with Crippen LogP contribution in [0.4, 0.5) is 5.69 Å². The number of anilines is 1. The monoisotopic (exact) mass is 253 g/mol. The molecule has 0 radical (unpaired) electrons. The summed E-state index contributed by atoms with van der Waals surface area (Å²) in [6.45, 7) is 4.33. The van der Waals surface area contributed by atoms with E-state index in [4.69, 9.17) is 4.74 Å². The Balaban J connectivity index is 1.90. The van der Waals surface area contributed by atoms with Gasteiger partial charge in [-0.05, 0) is 55.2 Å². The van der Waals surface area contributed by atoms with Crippen LogP contribution >= 0.6 is 0 Å². The summed E-state index contributed by atoms with van der Waals surface area (Å²) >= 11 is 0. The smallest absolute Gasteiger partial charge is 0.119 e. The van der Waals surface area contributed by atoms with Crippen LogP contribution in [0.15, 0.2) is 36.4 Å². The first-order chi connectivity index (χ1) is 9.17. The van der Waals surface area contributed by atoms with Crippen LogP contribution in [-0.4, -0.2) is 7.11 Å². The largest absolute Gasteiger partial charge is 0.497 e. The third kappa shape index (κ3) is 2.19. The van der Waals surface area contributed by atoms with Gasteiger partial charge in [-0.2, -0.15) is 0 Å².